The van der Waals surface area contributed by atoms with Gasteiger partial charge in [0.2, 0.25) is 0 Å². The molecule has 2 heterocycles. The Labute approximate surface area is 103 Å². The highest BCUT2D eigenvalue weighted by molar-refractivity contribution is 5.72. The van der Waals surface area contributed by atoms with Gasteiger partial charge < -0.3 is 4.42 Å². The van der Waals surface area contributed by atoms with E-state index in [9.17, 15) is 4.79 Å². The number of carbonyl (C=O) groups is 1. The fourth-order valence-corrected chi connectivity index (χ4v) is 1.82. The SMILES string of the molecule is O=Cc1ccc(-c2ccnn2-c2ccccc2)o1. The van der Waals surface area contributed by atoms with Crippen molar-refractivity contribution in [1.82, 2.24) is 9.78 Å². The Morgan fingerprint density at radius 3 is 2.61 bits per heavy atom. The maximum atomic E-state index is 10.6. The minimum absolute atomic E-state index is 0.311. The molecule has 0 spiro atoms. The minimum atomic E-state index is 0.311. The molecule has 1 aromatic carbocycles. The van der Waals surface area contributed by atoms with Gasteiger partial charge in [0.05, 0.1) is 11.9 Å². The summed E-state index contributed by atoms with van der Waals surface area (Å²) < 4.78 is 7.18. The van der Waals surface area contributed by atoms with Crippen LogP contribution < -0.4 is 0 Å². The zero-order valence-corrected chi connectivity index (χ0v) is 9.48. The second-order valence-corrected chi connectivity index (χ2v) is 3.78. The van der Waals surface area contributed by atoms with Crippen LogP contribution in [0.3, 0.4) is 0 Å². The average molecular weight is 238 g/mol. The van der Waals surface area contributed by atoms with E-state index in [1.165, 1.54) is 0 Å². The summed E-state index contributed by atoms with van der Waals surface area (Å²) >= 11 is 0. The number of nitrogens with zero attached hydrogens (tertiary/aromatic N) is 2. The first-order chi connectivity index (χ1) is 8.88. The van der Waals surface area contributed by atoms with Gasteiger partial charge in [0, 0.05) is 0 Å². The number of hydrogen-bond acceptors (Lipinski definition) is 3. The highest BCUT2D eigenvalue weighted by atomic mass is 16.3. The highest BCUT2D eigenvalue weighted by Gasteiger charge is 2.10. The van der Waals surface area contributed by atoms with Gasteiger partial charge in [-0.15, -0.1) is 0 Å². The zero-order valence-electron chi connectivity index (χ0n) is 9.48. The lowest BCUT2D eigenvalue weighted by molar-refractivity contribution is 0.110. The molecule has 0 bridgehead atoms. The molecule has 4 nitrogen and oxygen atoms in total. The van der Waals surface area contributed by atoms with Crippen molar-refractivity contribution in [2.45, 2.75) is 0 Å². The van der Waals surface area contributed by atoms with Crippen molar-refractivity contribution in [1.29, 1.82) is 0 Å². The molecule has 0 saturated heterocycles. The Kier molecular flexibility index (Phi) is 2.53. The Bertz CT molecular complexity index is 668. The van der Waals surface area contributed by atoms with E-state index in [-0.39, 0.29) is 0 Å². The lowest BCUT2D eigenvalue weighted by Crippen LogP contribution is -1.97. The summed E-state index contributed by atoms with van der Waals surface area (Å²) in [6, 6.07) is 15.0. The van der Waals surface area contributed by atoms with Gasteiger partial charge in [-0.2, -0.15) is 5.10 Å². The van der Waals surface area contributed by atoms with Gasteiger partial charge in [-0.1, -0.05) is 18.2 Å². The van der Waals surface area contributed by atoms with Gasteiger partial charge in [-0.3, -0.25) is 4.79 Å². The van der Waals surface area contributed by atoms with Crippen LogP contribution in [0, 0.1) is 0 Å². The smallest absolute Gasteiger partial charge is 0.185 e. The van der Waals surface area contributed by atoms with Crippen LogP contribution in [0.25, 0.3) is 17.1 Å². The third-order valence-corrected chi connectivity index (χ3v) is 2.64. The van der Waals surface area contributed by atoms with E-state index < -0.39 is 0 Å². The van der Waals surface area contributed by atoms with Crippen LogP contribution in [0.1, 0.15) is 10.6 Å². The van der Waals surface area contributed by atoms with E-state index in [1.807, 2.05) is 36.4 Å². The van der Waals surface area contributed by atoms with Crippen molar-refractivity contribution in [3.8, 4) is 17.1 Å². The highest BCUT2D eigenvalue weighted by Crippen LogP contribution is 2.23. The van der Waals surface area contributed by atoms with E-state index >= 15 is 0 Å². The van der Waals surface area contributed by atoms with Crippen LogP contribution >= 0.6 is 0 Å². The topological polar surface area (TPSA) is 48.0 Å². The van der Waals surface area contributed by atoms with Crippen LogP contribution in [0.2, 0.25) is 0 Å². The maximum absolute atomic E-state index is 10.6. The quantitative estimate of drug-likeness (QED) is 0.659. The van der Waals surface area contributed by atoms with Crippen LogP contribution in [-0.2, 0) is 0 Å². The van der Waals surface area contributed by atoms with Gasteiger partial charge >= 0.3 is 0 Å². The predicted octanol–water partition coefficient (Wildman–Crippen LogP) is 2.94. The van der Waals surface area contributed by atoms with Gasteiger partial charge in [-0.05, 0) is 30.3 Å². The van der Waals surface area contributed by atoms with Crippen molar-refractivity contribution in [3.63, 3.8) is 0 Å². The lowest BCUT2D eigenvalue weighted by Gasteiger charge is -2.04. The van der Waals surface area contributed by atoms with Gasteiger partial charge in [0.1, 0.15) is 5.69 Å². The Morgan fingerprint density at radius 2 is 1.89 bits per heavy atom. The molecule has 0 atom stereocenters. The molecule has 3 aromatic rings. The molecule has 3 rings (SSSR count). The largest absolute Gasteiger partial charge is 0.452 e. The van der Waals surface area contributed by atoms with Crippen molar-refractivity contribution in [2.24, 2.45) is 0 Å². The molecule has 0 fully saturated rings. The van der Waals surface area contributed by atoms with Crippen LogP contribution in [0.15, 0.2) is 59.1 Å². The molecule has 0 saturated carbocycles. The molecule has 88 valence electrons. The van der Waals surface area contributed by atoms with Gasteiger partial charge in [-0.25, -0.2) is 4.68 Å². The molecule has 4 heteroatoms. The predicted molar refractivity (Wildman–Crippen MR) is 66.7 cm³/mol. The van der Waals surface area contributed by atoms with Gasteiger partial charge in [0.25, 0.3) is 0 Å². The van der Waals surface area contributed by atoms with Crippen LogP contribution in [0.4, 0.5) is 0 Å². The second kappa shape index (κ2) is 4.33. The summed E-state index contributed by atoms with van der Waals surface area (Å²) in [5.74, 6) is 0.935. The van der Waals surface area contributed by atoms with E-state index in [0.717, 1.165) is 11.4 Å². The number of aldehydes is 1. The van der Waals surface area contributed by atoms with Crippen molar-refractivity contribution < 1.29 is 9.21 Å². The summed E-state index contributed by atoms with van der Waals surface area (Å²) in [5, 5.41) is 4.27. The molecular formula is C14H10N2O2. The number of para-hydroxylation sites is 1. The third kappa shape index (κ3) is 1.73. The van der Waals surface area contributed by atoms with E-state index in [1.54, 1.807) is 23.0 Å². The van der Waals surface area contributed by atoms with Gasteiger partial charge in [0.15, 0.2) is 17.8 Å². The molecular weight excluding hydrogens is 228 g/mol. The summed E-state index contributed by atoms with van der Waals surface area (Å²) in [6.07, 6.45) is 2.39. The van der Waals surface area contributed by atoms with Crippen molar-refractivity contribution in [3.05, 3.63) is 60.5 Å². The third-order valence-electron chi connectivity index (χ3n) is 2.64. The first-order valence-electron chi connectivity index (χ1n) is 5.53. The average Bonchev–Trinajstić information content (AvgIpc) is 3.08. The molecule has 0 N–H and O–H groups in total. The van der Waals surface area contributed by atoms with Crippen molar-refractivity contribution in [2.75, 3.05) is 0 Å². The standard InChI is InChI=1S/C14H10N2O2/c17-10-12-6-7-14(18-12)13-8-9-15-16(13)11-4-2-1-3-5-11/h1-10H. The number of hydrogen-bond donors (Lipinski definition) is 0. The van der Waals surface area contributed by atoms with Crippen LogP contribution in [0.5, 0.6) is 0 Å². The fourth-order valence-electron chi connectivity index (χ4n) is 1.82. The summed E-state index contributed by atoms with van der Waals surface area (Å²) in [6.45, 7) is 0. The van der Waals surface area contributed by atoms with E-state index in [0.29, 0.717) is 17.8 Å². The molecule has 0 aliphatic carbocycles. The number of rotatable bonds is 3. The monoisotopic (exact) mass is 238 g/mol. The molecule has 0 aliphatic rings. The minimum Gasteiger partial charge on any atom is -0.452 e. The molecule has 0 aliphatic heterocycles. The molecule has 0 radical (unpaired) electrons. The lowest BCUT2D eigenvalue weighted by atomic mass is 10.3. The molecule has 0 unspecified atom stereocenters. The fraction of sp³-hybridized carbons (Fsp3) is 0. The number of furan rings is 1. The zero-order chi connectivity index (χ0) is 12.4. The number of aromatic nitrogens is 2. The van der Waals surface area contributed by atoms with E-state index in [2.05, 4.69) is 5.10 Å². The normalized spacial score (nSPS) is 10.4. The molecule has 2 aromatic heterocycles. The Balaban J connectivity index is 2.09. The Hall–Kier alpha value is -2.62. The molecule has 0 amide bonds. The summed E-state index contributed by atoms with van der Waals surface area (Å²) in [4.78, 5) is 10.6. The summed E-state index contributed by atoms with van der Waals surface area (Å²) in [7, 11) is 0. The summed E-state index contributed by atoms with van der Waals surface area (Å²) in [5.41, 5.74) is 1.76. The van der Waals surface area contributed by atoms with Crippen LogP contribution in [-0.4, -0.2) is 16.1 Å². The van der Waals surface area contributed by atoms with E-state index in [4.69, 9.17) is 4.42 Å². The van der Waals surface area contributed by atoms with Crippen molar-refractivity contribution >= 4 is 6.29 Å². The first-order valence-corrected chi connectivity index (χ1v) is 5.53. The second-order valence-electron chi connectivity index (χ2n) is 3.78. The Morgan fingerprint density at radius 1 is 1.06 bits per heavy atom. The number of benzene rings is 1. The molecule has 18 heavy (non-hydrogen) atoms. The number of carbonyl (C=O) groups excluding carboxylic acids is 1. The first kappa shape index (κ1) is 10.5. The maximum Gasteiger partial charge on any atom is 0.185 e.